The number of methoxy groups -OCH3 is 2. The number of nitrogens with zero attached hydrogens (tertiary/aromatic N) is 2. The average Bonchev–Trinajstić information content (AvgIpc) is 3.90. The van der Waals surface area contributed by atoms with E-state index in [4.69, 9.17) is 9.47 Å². The molecule has 0 fully saturated rings. The first kappa shape index (κ1) is 48.5. The van der Waals surface area contributed by atoms with Gasteiger partial charge in [-0.25, -0.2) is 0 Å². The molecule has 6 aromatic carbocycles. The summed E-state index contributed by atoms with van der Waals surface area (Å²) < 4.78 is 12.6. The smallest absolute Gasteiger partial charge is 0.125 e. The van der Waals surface area contributed by atoms with Crippen molar-refractivity contribution in [3.8, 4) is 11.5 Å². The summed E-state index contributed by atoms with van der Waals surface area (Å²) >= 11 is 0. The summed E-state index contributed by atoms with van der Waals surface area (Å²) in [6.45, 7) is 4.59. The summed E-state index contributed by atoms with van der Waals surface area (Å²) in [4.78, 5) is 5.19. The minimum absolute atomic E-state index is 0.771. The first-order valence-corrected chi connectivity index (χ1v) is 26.2. The fraction of sp³-hybridized carbons (Fsp3) is 0.375. The van der Waals surface area contributed by atoms with Crippen molar-refractivity contribution in [1.82, 2.24) is 0 Å². The Morgan fingerprint density at radius 3 is 1.03 bits per heavy atom. The number of unbranched alkanes of at least 4 members (excludes halogenated alkanes) is 14. The van der Waals surface area contributed by atoms with Crippen molar-refractivity contribution in [2.45, 2.75) is 141 Å². The third kappa shape index (κ3) is 10.4. The van der Waals surface area contributed by atoms with Gasteiger partial charge in [0.15, 0.2) is 0 Å². The number of fused-ring (bicyclic) bond motifs is 1. The molecule has 4 nitrogen and oxygen atoms in total. The maximum atomic E-state index is 6.32. The van der Waals surface area contributed by atoms with Crippen LogP contribution >= 0.6 is 0 Å². The van der Waals surface area contributed by atoms with Gasteiger partial charge in [0.2, 0.25) is 0 Å². The molecule has 0 amide bonds. The molecule has 0 spiro atoms. The number of hydrogen-bond acceptors (Lipinski definition) is 4. The normalized spacial score (nSPS) is 17.5. The van der Waals surface area contributed by atoms with Crippen LogP contribution in [0.2, 0.25) is 0 Å². The minimum atomic E-state index is -0.771. The van der Waals surface area contributed by atoms with Gasteiger partial charge in [0.1, 0.15) is 22.6 Å². The van der Waals surface area contributed by atoms with Crippen LogP contribution in [0.3, 0.4) is 0 Å². The van der Waals surface area contributed by atoms with Crippen LogP contribution in [0.25, 0.3) is 0 Å². The first-order valence-electron chi connectivity index (χ1n) is 26.2. The van der Waals surface area contributed by atoms with Crippen LogP contribution in [0.5, 0.6) is 11.5 Å². The van der Waals surface area contributed by atoms with Gasteiger partial charge >= 0.3 is 0 Å². The lowest BCUT2D eigenvalue weighted by molar-refractivity contribution is 0.401. The van der Waals surface area contributed by atoms with Gasteiger partial charge in [-0.15, -0.1) is 0 Å². The predicted molar refractivity (Wildman–Crippen MR) is 287 cm³/mol. The topological polar surface area (TPSA) is 24.9 Å². The zero-order valence-corrected chi connectivity index (χ0v) is 41.6. The molecule has 2 aliphatic heterocycles. The van der Waals surface area contributed by atoms with Gasteiger partial charge < -0.3 is 19.3 Å². The zero-order chi connectivity index (χ0) is 47.0. The number of anilines is 2. The average molecular weight is 905 g/mol. The van der Waals surface area contributed by atoms with E-state index < -0.39 is 11.1 Å². The molecule has 8 rings (SSSR count). The van der Waals surface area contributed by atoms with E-state index in [1.54, 1.807) is 14.2 Å². The minimum Gasteiger partial charge on any atom is -0.496 e. The van der Waals surface area contributed by atoms with Crippen molar-refractivity contribution in [2.24, 2.45) is 0 Å². The summed E-state index contributed by atoms with van der Waals surface area (Å²) in [5.41, 5.74) is 10.2. The van der Waals surface area contributed by atoms with Crippen molar-refractivity contribution in [3.05, 3.63) is 215 Å². The Kier molecular flexibility index (Phi) is 17.0. The number of aryl methyl sites for hydroxylation is 2. The van der Waals surface area contributed by atoms with E-state index in [-0.39, 0.29) is 0 Å². The van der Waals surface area contributed by atoms with Crippen molar-refractivity contribution in [1.29, 1.82) is 0 Å². The highest BCUT2D eigenvalue weighted by atomic mass is 16.5. The third-order valence-corrected chi connectivity index (χ3v) is 14.6. The van der Waals surface area contributed by atoms with Gasteiger partial charge in [0.05, 0.1) is 25.6 Å². The van der Waals surface area contributed by atoms with Crippen molar-refractivity contribution in [3.63, 3.8) is 0 Å². The lowest BCUT2D eigenvalue weighted by Gasteiger charge is -2.43. The summed E-state index contributed by atoms with van der Waals surface area (Å²) in [7, 11) is 3.60. The van der Waals surface area contributed by atoms with Crippen LogP contribution in [0.4, 0.5) is 11.4 Å². The maximum Gasteiger partial charge on any atom is 0.125 e. The maximum absolute atomic E-state index is 6.32. The van der Waals surface area contributed by atoms with E-state index in [9.17, 15) is 0 Å². The Morgan fingerprint density at radius 1 is 0.353 bits per heavy atom. The van der Waals surface area contributed by atoms with Crippen LogP contribution in [0.1, 0.15) is 150 Å². The number of para-hydroxylation sites is 2. The van der Waals surface area contributed by atoms with Crippen LogP contribution in [0, 0.1) is 0 Å². The van der Waals surface area contributed by atoms with Crippen molar-refractivity contribution < 1.29 is 9.47 Å². The molecule has 2 unspecified atom stereocenters. The quantitative estimate of drug-likeness (QED) is 0.0506. The fourth-order valence-corrected chi connectivity index (χ4v) is 11.1. The number of ether oxygens (including phenoxy) is 2. The van der Waals surface area contributed by atoms with Gasteiger partial charge in [-0.3, -0.25) is 0 Å². The fourth-order valence-electron chi connectivity index (χ4n) is 11.1. The van der Waals surface area contributed by atoms with E-state index >= 15 is 0 Å². The highest BCUT2D eigenvalue weighted by Gasteiger charge is 2.57. The van der Waals surface area contributed by atoms with E-state index in [1.807, 2.05) is 0 Å². The number of rotatable bonds is 26. The first-order chi connectivity index (χ1) is 33.6. The van der Waals surface area contributed by atoms with Gasteiger partial charge in [0.25, 0.3) is 0 Å². The zero-order valence-electron chi connectivity index (χ0n) is 41.6. The molecule has 2 heterocycles. The molecule has 0 aromatic heterocycles. The van der Waals surface area contributed by atoms with E-state index in [2.05, 4.69) is 194 Å². The second kappa shape index (κ2) is 23.8. The Morgan fingerprint density at radius 2 is 0.676 bits per heavy atom. The largest absolute Gasteiger partial charge is 0.496 e. The Balaban J connectivity index is 1.27. The van der Waals surface area contributed by atoms with Gasteiger partial charge in [0, 0.05) is 22.5 Å². The molecule has 2 aliphatic rings. The molecule has 0 aliphatic carbocycles. The number of hydrogen-bond donors (Lipinski definition) is 0. The standard InChI is InChI=1S/C64H76N2O2/c1-5-7-9-11-13-15-17-21-31-51-41-45-55(46-42-51)65-59-49-64(54-35-25-20-26-36-54,58-38-28-30-40-62(58)68-4)66(56-47-43-52(44-48-56)32-22-18-16-14-12-10-8-6-2)60(59)50-63(65,53-33-23-19-24-34-53)57-37-27-29-39-61(57)67-3/h19-20,23-30,33-50H,5-18,21-22,31-32H2,1-4H3. The van der Waals surface area contributed by atoms with Gasteiger partial charge in [-0.1, -0.05) is 225 Å². The Bertz CT molecular complexity index is 2350. The summed E-state index contributed by atoms with van der Waals surface area (Å²) in [5.74, 6) is 1.70. The van der Waals surface area contributed by atoms with Crippen molar-refractivity contribution in [2.75, 3.05) is 24.0 Å². The molecule has 0 saturated carbocycles. The molecule has 6 aromatic rings. The molecular formula is C64H76N2O2. The van der Waals surface area contributed by atoms with Crippen LogP contribution in [0.15, 0.2) is 181 Å². The summed E-state index contributed by atoms with van der Waals surface area (Å²) in [6.07, 6.45) is 28.4. The third-order valence-electron chi connectivity index (χ3n) is 14.6. The molecule has 0 bridgehead atoms. The van der Waals surface area contributed by atoms with Crippen LogP contribution in [-0.4, -0.2) is 14.2 Å². The van der Waals surface area contributed by atoms with Gasteiger partial charge in [-0.2, -0.15) is 0 Å². The molecular weight excluding hydrogens is 829 g/mol. The van der Waals surface area contributed by atoms with Gasteiger partial charge in [-0.05, 0) is 96.5 Å². The molecule has 0 radical (unpaired) electrons. The molecule has 0 N–H and O–H groups in total. The van der Waals surface area contributed by atoms with E-state index in [0.29, 0.717) is 0 Å². The lowest BCUT2D eigenvalue weighted by atomic mass is 9.79. The van der Waals surface area contributed by atoms with Crippen LogP contribution in [-0.2, 0) is 23.9 Å². The summed E-state index contributed by atoms with van der Waals surface area (Å²) in [5, 5.41) is 0. The Hall–Kier alpha value is -6.00. The Labute approximate surface area is 409 Å². The SMILES string of the molecule is CCCCCCCCCCc1ccc(N2C3=CC(c4ccccc4)(c4ccccc4OC)N(c4ccc(CCCCCCCCCC)cc4)C3=CC2(c2ccccc2)c2ccccc2OC)cc1. The van der Waals surface area contributed by atoms with Crippen LogP contribution < -0.4 is 19.3 Å². The lowest BCUT2D eigenvalue weighted by Crippen LogP contribution is -2.44. The highest BCUT2D eigenvalue weighted by Crippen LogP contribution is 2.60. The number of benzene rings is 6. The van der Waals surface area contributed by atoms with E-state index in [1.165, 1.54) is 125 Å². The predicted octanol–water partition coefficient (Wildman–Crippen LogP) is 17.1. The molecule has 2 atom stereocenters. The highest BCUT2D eigenvalue weighted by molar-refractivity contribution is 5.83. The molecule has 354 valence electrons. The molecule has 0 saturated heterocycles. The summed E-state index contributed by atoms with van der Waals surface area (Å²) in [6, 6.07) is 58.2. The second-order valence-corrected chi connectivity index (χ2v) is 19.2. The molecule has 4 heteroatoms. The molecule has 68 heavy (non-hydrogen) atoms. The monoisotopic (exact) mass is 905 g/mol. The van der Waals surface area contributed by atoms with E-state index in [0.717, 1.165) is 58.2 Å². The second-order valence-electron chi connectivity index (χ2n) is 19.2. The van der Waals surface area contributed by atoms with Crippen molar-refractivity contribution >= 4 is 11.4 Å².